The van der Waals surface area contributed by atoms with Gasteiger partial charge in [0.25, 0.3) is 10.0 Å². The summed E-state index contributed by atoms with van der Waals surface area (Å²) in [5.41, 5.74) is 0.261. The van der Waals surface area contributed by atoms with Crippen LogP contribution in [0.25, 0.3) is 0 Å². The highest BCUT2D eigenvalue weighted by atomic mass is 35.5. The first-order valence-electron chi connectivity index (χ1n) is 5.24. The van der Waals surface area contributed by atoms with Gasteiger partial charge in [0.15, 0.2) is 0 Å². The number of hydrogen-bond acceptors (Lipinski definition) is 3. The van der Waals surface area contributed by atoms with Crippen molar-refractivity contribution in [2.24, 2.45) is 7.05 Å². The van der Waals surface area contributed by atoms with Gasteiger partial charge in [-0.3, -0.25) is 0 Å². The number of carboxylic acids is 1. The first-order valence-corrected chi connectivity index (χ1v) is 7.05. The van der Waals surface area contributed by atoms with E-state index in [4.69, 9.17) is 16.7 Å². The molecule has 0 saturated carbocycles. The van der Waals surface area contributed by atoms with Crippen molar-refractivity contribution >= 4 is 27.6 Å². The zero-order valence-electron chi connectivity index (χ0n) is 10.2. The maximum atomic E-state index is 12.4. The smallest absolute Gasteiger partial charge is 0.352 e. The minimum Gasteiger partial charge on any atom is -0.477 e. The lowest BCUT2D eigenvalue weighted by atomic mass is 10.4. The molecule has 2 rings (SSSR count). The quantitative estimate of drug-likeness (QED) is 0.936. The van der Waals surface area contributed by atoms with Crippen LogP contribution in [-0.4, -0.2) is 28.0 Å². The van der Waals surface area contributed by atoms with Gasteiger partial charge < -0.3 is 9.67 Å². The number of rotatable bonds is 3. The van der Waals surface area contributed by atoms with Crippen LogP contribution < -0.4 is 0 Å². The minimum absolute atomic E-state index is 0.0559. The van der Waals surface area contributed by atoms with E-state index in [0.29, 0.717) is 5.69 Å². The Bertz CT molecular complexity index is 758. The van der Waals surface area contributed by atoms with Crippen molar-refractivity contribution in [2.75, 3.05) is 0 Å². The second-order valence-corrected chi connectivity index (χ2v) is 6.26. The Hall–Kier alpha value is -1.73. The molecule has 0 fully saturated rings. The molecule has 2 heterocycles. The van der Waals surface area contributed by atoms with Crippen molar-refractivity contribution < 1.29 is 18.3 Å². The topological polar surface area (TPSA) is 81.3 Å². The van der Waals surface area contributed by atoms with Crippen molar-refractivity contribution in [3.8, 4) is 0 Å². The summed E-state index contributed by atoms with van der Waals surface area (Å²) in [6, 6.07) is 2.58. The van der Waals surface area contributed by atoms with Gasteiger partial charge in [-0.25, -0.2) is 17.2 Å². The molecule has 0 aliphatic carbocycles. The van der Waals surface area contributed by atoms with Crippen LogP contribution in [0.1, 0.15) is 16.2 Å². The van der Waals surface area contributed by atoms with Gasteiger partial charge in [0.05, 0.1) is 5.02 Å². The third-order valence-corrected chi connectivity index (χ3v) is 4.87. The molecule has 2 aromatic rings. The van der Waals surface area contributed by atoms with Crippen LogP contribution in [0.5, 0.6) is 0 Å². The summed E-state index contributed by atoms with van der Waals surface area (Å²) in [6.07, 6.45) is 2.56. The Kier molecular flexibility index (Phi) is 3.19. The normalized spacial score (nSPS) is 11.7. The second-order valence-electron chi connectivity index (χ2n) is 4.01. The Morgan fingerprint density at radius 3 is 2.47 bits per heavy atom. The van der Waals surface area contributed by atoms with Crippen LogP contribution in [-0.2, 0) is 17.1 Å². The van der Waals surface area contributed by atoms with Crippen molar-refractivity contribution in [1.29, 1.82) is 0 Å². The monoisotopic (exact) mass is 302 g/mol. The lowest BCUT2D eigenvalue weighted by molar-refractivity contribution is 0.0686. The van der Waals surface area contributed by atoms with Crippen molar-refractivity contribution in [2.45, 2.75) is 11.8 Å². The van der Waals surface area contributed by atoms with E-state index in [1.165, 1.54) is 30.1 Å². The molecule has 0 atom stereocenters. The van der Waals surface area contributed by atoms with Crippen LogP contribution in [0.4, 0.5) is 0 Å². The highest BCUT2D eigenvalue weighted by Crippen LogP contribution is 2.23. The summed E-state index contributed by atoms with van der Waals surface area (Å²) in [4.78, 5) is 11.0. The molecule has 0 aliphatic heterocycles. The van der Waals surface area contributed by atoms with E-state index in [1.807, 2.05) is 0 Å². The molecule has 0 spiro atoms. The molecule has 19 heavy (non-hydrogen) atoms. The second kappa shape index (κ2) is 4.43. The van der Waals surface area contributed by atoms with Crippen LogP contribution in [0, 0.1) is 6.92 Å². The van der Waals surface area contributed by atoms with E-state index in [1.54, 1.807) is 6.92 Å². The molecule has 0 bridgehead atoms. The molecule has 0 aromatic carbocycles. The number of carboxylic acid groups (broad SMARTS) is 1. The van der Waals surface area contributed by atoms with E-state index in [-0.39, 0.29) is 15.6 Å². The Morgan fingerprint density at radius 2 is 2.05 bits per heavy atom. The van der Waals surface area contributed by atoms with E-state index >= 15 is 0 Å². The zero-order chi connectivity index (χ0) is 14.4. The average molecular weight is 303 g/mol. The summed E-state index contributed by atoms with van der Waals surface area (Å²) >= 11 is 5.70. The van der Waals surface area contributed by atoms with Crippen LogP contribution in [0.3, 0.4) is 0 Å². The molecule has 1 N–H and O–H groups in total. The molecular formula is C11H11ClN2O4S. The molecular weight excluding hydrogens is 292 g/mol. The van der Waals surface area contributed by atoms with Gasteiger partial charge in [-0.05, 0) is 19.1 Å². The molecule has 102 valence electrons. The van der Waals surface area contributed by atoms with Crippen LogP contribution >= 0.6 is 11.6 Å². The van der Waals surface area contributed by atoms with Gasteiger partial charge in [0.2, 0.25) is 0 Å². The summed E-state index contributed by atoms with van der Waals surface area (Å²) in [6.45, 7) is 1.55. The van der Waals surface area contributed by atoms with Gasteiger partial charge in [0, 0.05) is 25.1 Å². The molecule has 0 amide bonds. The highest BCUT2D eigenvalue weighted by Gasteiger charge is 2.25. The Labute approximate surface area is 114 Å². The first kappa shape index (κ1) is 13.7. The highest BCUT2D eigenvalue weighted by molar-refractivity contribution is 7.90. The maximum Gasteiger partial charge on any atom is 0.352 e. The van der Waals surface area contributed by atoms with Crippen molar-refractivity contribution in [1.82, 2.24) is 8.54 Å². The number of hydrogen-bond donors (Lipinski definition) is 1. The van der Waals surface area contributed by atoms with Crippen molar-refractivity contribution in [3.05, 3.63) is 40.9 Å². The maximum absolute atomic E-state index is 12.4. The lowest BCUT2D eigenvalue weighted by Gasteiger charge is -2.05. The molecule has 0 aliphatic rings. The standard InChI is InChI=1S/C11H11ClN2O4S/c1-7-10(5-9(11(15)16)13(7)2)19(17,18)14-4-3-8(12)6-14/h3-6H,1-2H3,(H,15,16). The fourth-order valence-electron chi connectivity index (χ4n) is 1.75. The SMILES string of the molecule is Cc1c(S(=O)(=O)n2ccc(Cl)c2)cc(C(=O)O)n1C. The average Bonchev–Trinajstić information content (AvgIpc) is 2.86. The molecule has 6 nitrogen and oxygen atoms in total. The fourth-order valence-corrected chi connectivity index (χ4v) is 3.44. The minimum atomic E-state index is -3.84. The van der Waals surface area contributed by atoms with Gasteiger partial charge in [0.1, 0.15) is 10.6 Å². The summed E-state index contributed by atoms with van der Waals surface area (Å²) < 4.78 is 27.0. The molecule has 0 unspecified atom stereocenters. The summed E-state index contributed by atoms with van der Waals surface area (Å²) in [5.74, 6) is -1.18. The van der Waals surface area contributed by atoms with Gasteiger partial charge >= 0.3 is 5.97 Å². The number of aromatic nitrogens is 2. The largest absolute Gasteiger partial charge is 0.477 e. The van der Waals surface area contributed by atoms with E-state index in [9.17, 15) is 13.2 Å². The van der Waals surface area contributed by atoms with E-state index < -0.39 is 16.0 Å². The third-order valence-electron chi connectivity index (χ3n) is 2.89. The third kappa shape index (κ3) is 2.15. The van der Waals surface area contributed by atoms with Gasteiger partial charge in [-0.2, -0.15) is 0 Å². The fraction of sp³-hybridized carbons (Fsp3) is 0.182. The van der Waals surface area contributed by atoms with Crippen LogP contribution in [0.2, 0.25) is 5.02 Å². The summed E-state index contributed by atoms with van der Waals surface area (Å²) in [5, 5.41) is 9.29. The van der Waals surface area contributed by atoms with Crippen molar-refractivity contribution in [3.63, 3.8) is 0 Å². The predicted molar refractivity (Wildman–Crippen MR) is 69.1 cm³/mol. The Balaban J connectivity index is 2.65. The van der Waals surface area contributed by atoms with E-state index in [0.717, 1.165) is 10.0 Å². The molecule has 2 aromatic heterocycles. The number of aromatic carboxylic acids is 1. The molecule has 0 radical (unpaired) electrons. The number of halogens is 1. The molecule has 0 saturated heterocycles. The Morgan fingerprint density at radius 1 is 1.42 bits per heavy atom. The predicted octanol–water partition coefficient (Wildman–Crippen LogP) is 1.72. The van der Waals surface area contributed by atoms with E-state index in [2.05, 4.69) is 0 Å². The number of nitrogens with zero attached hydrogens (tertiary/aromatic N) is 2. The molecule has 8 heteroatoms. The van der Waals surface area contributed by atoms with Gasteiger partial charge in [-0.15, -0.1) is 0 Å². The lowest BCUT2D eigenvalue weighted by Crippen LogP contribution is -2.11. The zero-order valence-corrected chi connectivity index (χ0v) is 11.7. The summed E-state index contributed by atoms with van der Waals surface area (Å²) in [7, 11) is -2.34. The number of carbonyl (C=O) groups is 1. The van der Waals surface area contributed by atoms with Crippen LogP contribution in [0.15, 0.2) is 29.4 Å². The van der Waals surface area contributed by atoms with Gasteiger partial charge in [-0.1, -0.05) is 11.6 Å². The first-order chi connectivity index (χ1) is 8.75.